The fourth-order valence-corrected chi connectivity index (χ4v) is 3.25. The van der Waals surface area contributed by atoms with Gasteiger partial charge in [0.25, 0.3) is 0 Å². The fourth-order valence-electron chi connectivity index (χ4n) is 3.02. The number of para-hydroxylation sites is 1. The number of aromatic nitrogens is 1. The van der Waals surface area contributed by atoms with E-state index in [1.165, 1.54) is 13.0 Å². The van der Waals surface area contributed by atoms with E-state index in [1.807, 2.05) is 24.3 Å². The van der Waals surface area contributed by atoms with Crippen molar-refractivity contribution in [1.82, 2.24) is 10.3 Å². The van der Waals surface area contributed by atoms with E-state index in [9.17, 15) is 22.8 Å². The molecule has 2 amide bonds. The molecule has 0 aliphatic rings. The van der Waals surface area contributed by atoms with Crippen molar-refractivity contribution >= 4 is 40.0 Å². The molecule has 0 aliphatic heterocycles. The summed E-state index contributed by atoms with van der Waals surface area (Å²) < 4.78 is 39.1. The molecule has 9 heteroatoms. The molecule has 2 aromatic carbocycles. The van der Waals surface area contributed by atoms with Crippen LogP contribution in [0.2, 0.25) is 5.02 Å². The third-order valence-electron chi connectivity index (χ3n) is 4.33. The van der Waals surface area contributed by atoms with E-state index >= 15 is 0 Å². The number of aromatic amines is 1. The highest BCUT2D eigenvalue weighted by molar-refractivity contribution is 6.31. The molecule has 1 atom stereocenters. The second kappa shape index (κ2) is 8.16. The van der Waals surface area contributed by atoms with Crippen molar-refractivity contribution in [2.75, 3.05) is 5.32 Å². The molecule has 0 aliphatic carbocycles. The van der Waals surface area contributed by atoms with Crippen LogP contribution in [0.15, 0.2) is 48.7 Å². The van der Waals surface area contributed by atoms with E-state index in [0.717, 1.165) is 28.6 Å². The predicted molar refractivity (Wildman–Crippen MR) is 105 cm³/mol. The first kappa shape index (κ1) is 20.7. The number of fused-ring (bicyclic) bond motifs is 1. The number of nitrogens with one attached hydrogen (secondary N) is 3. The molecule has 0 bridgehead atoms. The van der Waals surface area contributed by atoms with Gasteiger partial charge >= 0.3 is 6.18 Å². The Morgan fingerprint density at radius 1 is 1.17 bits per heavy atom. The third kappa shape index (κ3) is 4.89. The molecule has 5 nitrogen and oxygen atoms in total. The van der Waals surface area contributed by atoms with E-state index in [2.05, 4.69) is 15.6 Å². The van der Waals surface area contributed by atoms with Crippen molar-refractivity contribution in [1.29, 1.82) is 0 Å². The molecule has 3 N–H and O–H groups in total. The average molecular weight is 424 g/mol. The highest BCUT2D eigenvalue weighted by Gasteiger charge is 2.33. The third-order valence-corrected chi connectivity index (χ3v) is 4.66. The van der Waals surface area contributed by atoms with Crippen molar-refractivity contribution < 1.29 is 22.8 Å². The fraction of sp³-hybridized carbons (Fsp3) is 0.200. The number of benzene rings is 2. The van der Waals surface area contributed by atoms with Gasteiger partial charge in [-0.2, -0.15) is 13.2 Å². The van der Waals surface area contributed by atoms with E-state index in [4.69, 9.17) is 11.6 Å². The van der Waals surface area contributed by atoms with E-state index < -0.39 is 34.6 Å². The first-order valence-electron chi connectivity index (χ1n) is 8.65. The summed E-state index contributed by atoms with van der Waals surface area (Å²) in [5, 5.41) is 5.40. The number of carbonyl (C=O) groups is 2. The van der Waals surface area contributed by atoms with Gasteiger partial charge in [0.2, 0.25) is 11.8 Å². The van der Waals surface area contributed by atoms with Gasteiger partial charge in [-0.15, -0.1) is 0 Å². The van der Waals surface area contributed by atoms with Crippen LogP contribution >= 0.6 is 11.6 Å². The van der Waals surface area contributed by atoms with Gasteiger partial charge in [0.1, 0.15) is 6.04 Å². The van der Waals surface area contributed by atoms with Gasteiger partial charge in [0.15, 0.2) is 0 Å². The zero-order valence-corrected chi connectivity index (χ0v) is 16.0. The number of anilines is 1. The number of rotatable bonds is 5. The Balaban J connectivity index is 1.84. The number of H-pyrrole nitrogens is 1. The minimum absolute atomic E-state index is 0.0685. The summed E-state index contributed by atoms with van der Waals surface area (Å²) in [6.45, 7) is 1.26. The quantitative estimate of drug-likeness (QED) is 0.564. The van der Waals surface area contributed by atoms with Crippen molar-refractivity contribution in [2.45, 2.75) is 25.6 Å². The summed E-state index contributed by atoms with van der Waals surface area (Å²) in [5.74, 6) is -1.07. The Morgan fingerprint density at radius 3 is 2.59 bits per heavy atom. The number of hydrogen-bond donors (Lipinski definition) is 3. The lowest BCUT2D eigenvalue weighted by Crippen LogP contribution is -2.44. The van der Waals surface area contributed by atoms with Crippen LogP contribution in [-0.2, 0) is 22.2 Å². The van der Waals surface area contributed by atoms with Gasteiger partial charge in [0.05, 0.1) is 10.6 Å². The Morgan fingerprint density at radius 2 is 1.90 bits per heavy atom. The first-order valence-corrected chi connectivity index (χ1v) is 9.02. The molecule has 3 aromatic rings. The van der Waals surface area contributed by atoms with E-state index in [-0.39, 0.29) is 12.1 Å². The molecule has 1 unspecified atom stereocenters. The SMILES string of the molecule is CC(=O)NC(Cc1c[nH]c2ccccc12)C(=O)Nc1ccc(Cl)c(C(F)(F)F)c1. The van der Waals surface area contributed by atoms with Crippen LogP contribution in [0.5, 0.6) is 0 Å². The minimum atomic E-state index is -4.65. The lowest BCUT2D eigenvalue weighted by Gasteiger charge is -2.18. The van der Waals surface area contributed by atoms with Crippen LogP contribution in [-0.4, -0.2) is 22.8 Å². The molecule has 0 saturated carbocycles. The Labute approximate surface area is 169 Å². The van der Waals surface area contributed by atoms with E-state index in [0.29, 0.717) is 0 Å². The smallest absolute Gasteiger partial charge is 0.361 e. The predicted octanol–water partition coefficient (Wildman–Crippen LogP) is 4.53. The zero-order valence-electron chi connectivity index (χ0n) is 15.2. The van der Waals surface area contributed by atoms with E-state index in [1.54, 1.807) is 6.20 Å². The average Bonchev–Trinajstić information content (AvgIpc) is 3.04. The maximum Gasteiger partial charge on any atom is 0.417 e. The molecule has 152 valence electrons. The number of halogens is 4. The lowest BCUT2D eigenvalue weighted by molar-refractivity contribution is -0.137. The second-order valence-electron chi connectivity index (χ2n) is 6.50. The van der Waals surface area contributed by atoms with Crippen molar-refractivity contribution in [3.8, 4) is 0 Å². The van der Waals surface area contributed by atoms with Crippen LogP contribution in [0.4, 0.5) is 18.9 Å². The highest BCUT2D eigenvalue weighted by atomic mass is 35.5. The van der Waals surface area contributed by atoms with Gasteiger partial charge in [-0.3, -0.25) is 9.59 Å². The molecule has 3 rings (SSSR count). The molecule has 0 saturated heterocycles. The lowest BCUT2D eigenvalue weighted by atomic mass is 10.0. The number of carbonyl (C=O) groups excluding carboxylic acids is 2. The molecule has 1 aromatic heterocycles. The summed E-state index contributed by atoms with van der Waals surface area (Å²) in [6, 6.07) is 9.57. The molecular weight excluding hydrogens is 407 g/mol. The summed E-state index contributed by atoms with van der Waals surface area (Å²) in [7, 11) is 0. The van der Waals surface area contributed by atoms with Crippen LogP contribution in [0.25, 0.3) is 10.9 Å². The summed E-state index contributed by atoms with van der Waals surface area (Å²) in [4.78, 5) is 27.4. The molecule has 29 heavy (non-hydrogen) atoms. The number of hydrogen-bond acceptors (Lipinski definition) is 2. The van der Waals surface area contributed by atoms with Gasteiger partial charge in [0, 0.05) is 36.1 Å². The minimum Gasteiger partial charge on any atom is -0.361 e. The number of alkyl halides is 3. The van der Waals surface area contributed by atoms with Crippen LogP contribution in [0.3, 0.4) is 0 Å². The second-order valence-corrected chi connectivity index (χ2v) is 6.91. The Hall–Kier alpha value is -3.00. The largest absolute Gasteiger partial charge is 0.417 e. The maximum absolute atomic E-state index is 13.0. The van der Waals surface area contributed by atoms with Crippen molar-refractivity contribution in [3.63, 3.8) is 0 Å². The van der Waals surface area contributed by atoms with Crippen LogP contribution in [0, 0.1) is 0 Å². The van der Waals surface area contributed by atoms with Gasteiger partial charge in [-0.25, -0.2) is 0 Å². The van der Waals surface area contributed by atoms with Crippen LogP contribution in [0.1, 0.15) is 18.1 Å². The summed E-state index contributed by atoms with van der Waals surface area (Å²) in [6.07, 6.45) is -2.76. The molecule has 1 heterocycles. The molecule has 0 spiro atoms. The molecule has 0 radical (unpaired) electrons. The zero-order chi connectivity index (χ0) is 21.2. The first-order chi connectivity index (χ1) is 13.6. The maximum atomic E-state index is 13.0. The molecular formula is C20H17ClF3N3O2. The Bertz CT molecular complexity index is 1060. The Kier molecular flexibility index (Phi) is 5.83. The van der Waals surface area contributed by atoms with Crippen LogP contribution < -0.4 is 10.6 Å². The molecule has 0 fully saturated rings. The topological polar surface area (TPSA) is 74.0 Å². The monoisotopic (exact) mass is 423 g/mol. The van der Waals surface area contributed by atoms with Crippen molar-refractivity contribution in [3.05, 3.63) is 64.8 Å². The summed E-state index contributed by atoms with van der Waals surface area (Å²) in [5.41, 5.74) is 0.546. The van der Waals surface area contributed by atoms with Crippen molar-refractivity contribution in [2.24, 2.45) is 0 Å². The normalized spacial score (nSPS) is 12.6. The number of amides is 2. The standard InChI is InChI=1S/C20H17ClF3N3O2/c1-11(28)26-18(8-12-10-25-17-5-3-2-4-14(12)17)19(29)27-13-6-7-16(21)15(9-13)20(22,23)24/h2-7,9-10,18,25H,8H2,1H3,(H,26,28)(H,27,29). The van der Waals surface area contributed by atoms with Gasteiger partial charge in [-0.05, 0) is 29.8 Å². The van der Waals surface area contributed by atoms with Gasteiger partial charge in [-0.1, -0.05) is 29.8 Å². The van der Waals surface area contributed by atoms with Gasteiger partial charge < -0.3 is 15.6 Å². The highest BCUT2D eigenvalue weighted by Crippen LogP contribution is 2.36. The summed E-state index contributed by atoms with van der Waals surface area (Å²) >= 11 is 5.61.